The number of aromatic nitrogens is 1. The van der Waals surface area contributed by atoms with Crippen LogP contribution in [-0.2, 0) is 10.0 Å². The van der Waals surface area contributed by atoms with Gasteiger partial charge in [-0.1, -0.05) is 11.6 Å². The van der Waals surface area contributed by atoms with E-state index in [-0.39, 0.29) is 10.0 Å². The lowest BCUT2D eigenvalue weighted by molar-refractivity contribution is 0.601. The Morgan fingerprint density at radius 2 is 2.00 bits per heavy atom. The number of nitrogens with zero attached hydrogens (tertiary/aromatic N) is 1. The molecule has 0 atom stereocenters. The molecule has 0 aliphatic rings. The summed E-state index contributed by atoms with van der Waals surface area (Å²) in [6.07, 6.45) is 1.34. The third-order valence-corrected chi connectivity index (χ3v) is 4.81. The maximum absolute atomic E-state index is 12.2. The molecule has 19 heavy (non-hydrogen) atoms. The molecule has 5 nitrogen and oxygen atoms in total. The molecule has 1 heterocycles. The fourth-order valence-corrected chi connectivity index (χ4v) is 3.63. The predicted octanol–water partition coefficient (Wildman–Crippen LogP) is 2.88. The molecule has 0 unspecified atom stereocenters. The second kappa shape index (κ2) is 5.36. The molecule has 1 aromatic heterocycles. The van der Waals surface area contributed by atoms with Gasteiger partial charge >= 0.3 is 0 Å². The highest BCUT2D eigenvalue weighted by Crippen LogP contribution is 2.26. The van der Waals surface area contributed by atoms with Crippen LogP contribution < -0.4 is 10.5 Å². The number of nitrogens with two attached hydrogens (primary N) is 1. The van der Waals surface area contributed by atoms with Gasteiger partial charge in [-0.25, -0.2) is 13.4 Å². The van der Waals surface area contributed by atoms with Crippen molar-refractivity contribution in [1.29, 1.82) is 0 Å². The van der Waals surface area contributed by atoms with E-state index in [4.69, 9.17) is 17.3 Å². The second-order valence-corrected chi connectivity index (χ2v) is 6.56. The molecule has 0 bridgehead atoms. The Balaban J connectivity index is 2.35. The molecule has 0 saturated heterocycles. The first-order valence-corrected chi connectivity index (χ1v) is 7.73. The molecular weight excluding hydrogens is 354 g/mol. The van der Waals surface area contributed by atoms with E-state index in [0.717, 1.165) is 0 Å². The van der Waals surface area contributed by atoms with Crippen molar-refractivity contribution in [2.24, 2.45) is 0 Å². The summed E-state index contributed by atoms with van der Waals surface area (Å²) < 4.78 is 27.1. The molecule has 1 aromatic carbocycles. The van der Waals surface area contributed by atoms with Gasteiger partial charge in [-0.05, 0) is 46.3 Å². The summed E-state index contributed by atoms with van der Waals surface area (Å²) in [4.78, 5) is 3.89. The normalized spacial score (nSPS) is 11.3. The van der Waals surface area contributed by atoms with E-state index in [1.165, 1.54) is 36.5 Å². The molecule has 8 heteroatoms. The largest absolute Gasteiger partial charge is 0.399 e. The van der Waals surface area contributed by atoms with E-state index in [0.29, 0.717) is 15.8 Å². The summed E-state index contributed by atoms with van der Waals surface area (Å²) in [7, 11) is -3.71. The van der Waals surface area contributed by atoms with Gasteiger partial charge in [-0.2, -0.15) is 0 Å². The monoisotopic (exact) mass is 361 g/mol. The van der Waals surface area contributed by atoms with Gasteiger partial charge in [0.1, 0.15) is 10.0 Å². The SMILES string of the molecule is Nc1ccc(S(=O)(=O)Nc2ccc(Cl)nc2)c(Br)c1. The van der Waals surface area contributed by atoms with Crippen molar-refractivity contribution in [3.63, 3.8) is 0 Å². The number of pyridine rings is 1. The van der Waals surface area contributed by atoms with Crippen molar-refractivity contribution < 1.29 is 8.42 Å². The summed E-state index contributed by atoms with van der Waals surface area (Å²) in [6.45, 7) is 0. The summed E-state index contributed by atoms with van der Waals surface area (Å²) in [6, 6.07) is 7.48. The summed E-state index contributed by atoms with van der Waals surface area (Å²) in [5.74, 6) is 0. The number of halogens is 2. The first-order valence-electron chi connectivity index (χ1n) is 5.08. The minimum Gasteiger partial charge on any atom is -0.399 e. The molecule has 2 rings (SSSR count). The molecule has 0 saturated carbocycles. The van der Waals surface area contributed by atoms with Gasteiger partial charge < -0.3 is 5.73 Å². The van der Waals surface area contributed by atoms with Crippen LogP contribution in [0.1, 0.15) is 0 Å². The zero-order chi connectivity index (χ0) is 14.0. The number of nitrogens with one attached hydrogen (secondary N) is 1. The fourth-order valence-electron chi connectivity index (χ4n) is 1.38. The second-order valence-electron chi connectivity index (χ2n) is 3.66. The predicted molar refractivity (Wildman–Crippen MR) is 78.6 cm³/mol. The number of nitrogen functional groups attached to an aromatic ring is 1. The van der Waals surface area contributed by atoms with Crippen LogP contribution in [0.5, 0.6) is 0 Å². The van der Waals surface area contributed by atoms with Crippen LogP contribution in [0.2, 0.25) is 5.15 Å². The Kier molecular flexibility index (Phi) is 3.98. The Morgan fingerprint density at radius 1 is 1.26 bits per heavy atom. The lowest BCUT2D eigenvalue weighted by Gasteiger charge is -2.09. The summed E-state index contributed by atoms with van der Waals surface area (Å²) in [5, 5.41) is 0.289. The van der Waals surface area contributed by atoms with E-state index in [9.17, 15) is 8.42 Å². The average molecular weight is 363 g/mol. The number of benzene rings is 1. The standard InChI is InChI=1S/C11H9BrClN3O2S/c12-9-5-7(14)1-3-10(9)19(17,18)16-8-2-4-11(13)15-6-8/h1-6,16H,14H2. The van der Waals surface area contributed by atoms with Crippen molar-refractivity contribution in [3.05, 3.63) is 46.2 Å². The van der Waals surface area contributed by atoms with Crippen molar-refractivity contribution in [3.8, 4) is 0 Å². The average Bonchev–Trinajstić information content (AvgIpc) is 2.31. The number of anilines is 2. The van der Waals surface area contributed by atoms with E-state index >= 15 is 0 Å². The first kappa shape index (κ1) is 14.1. The van der Waals surface area contributed by atoms with Crippen LogP contribution in [0.3, 0.4) is 0 Å². The zero-order valence-corrected chi connectivity index (χ0v) is 12.6. The Labute approximate surface area is 124 Å². The van der Waals surface area contributed by atoms with E-state index in [1.807, 2.05) is 0 Å². The molecule has 0 aliphatic heterocycles. The van der Waals surface area contributed by atoms with Gasteiger partial charge in [0.2, 0.25) is 0 Å². The smallest absolute Gasteiger partial charge is 0.263 e. The minimum atomic E-state index is -3.71. The van der Waals surface area contributed by atoms with E-state index in [1.54, 1.807) is 0 Å². The highest BCUT2D eigenvalue weighted by molar-refractivity contribution is 9.10. The number of hydrogen-bond donors (Lipinski definition) is 2. The third kappa shape index (κ3) is 3.37. The van der Waals surface area contributed by atoms with Crippen LogP contribution in [0.15, 0.2) is 45.9 Å². The minimum absolute atomic E-state index is 0.0941. The van der Waals surface area contributed by atoms with Gasteiger partial charge in [-0.15, -0.1) is 0 Å². The fraction of sp³-hybridized carbons (Fsp3) is 0. The summed E-state index contributed by atoms with van der Waals surface area (Å²) in [5.41, 5.74) is 6.37. The maximum Gasteiger partial charge on any atom is 0.263 e. The van der Waals surface area contributed by atoms with Crippen LogP contribution in [0.4, 0.5) is 11.4 Å². The number of sulfonamides is 1. The lowest BCUT2D eigenvalue weighted by Crippen LogP contribution is -2.13. The van der Waals surface area contributed by atoms with Crippen molar-refractivity contribution >= 4 is 48.9 Å². The van der Waals surface area contributed by atoms with Crippen molar-refractivity contribution in [2.75, 3.05) is 10.5 Å². The molecule has 0 aliphatic carbocycles. The quantitative estimate of drug-likeness (QED) is 0.649. The Hall–Kier alpha value is -1.31. The topological polar surface area (TPSA) is 85.1 Å². The molecule has 0 amide bonds. The molecule has 3 N–H and O–H groups in total. The first-order chi connectivity index (χ1) is 8.88. The summed E-state index contributed by atoms with van der Waals surface area (Å²) >= 11 is 8.80. The Morgan fingerprint density at radius 3 is 2.58 bits per heavy atom. The molecule has 100 valence electrons. The van der Waals surface area contributed by atoms with Crippen molar-refractivity contribution in [2.45, 2.75) is 4.90 Å². The van der Waals surface area contributed by atoms with Gasteiger partial charge in [0.25, 0.3) is 10.0 Å². The van der Waals surface area contributed by atoms with Crippen molar-refractivity contribution in [1.82, 2.24) is 4.98 Å². The Bertz CT molecular complexity index is 704. The van der Waals surface area contributed by atoms with Gasteiger partial charge in [0, 0.05) is 10.2 Å². The van der Waals surface area contributed by atoms with Crippen LogP contribution in [0.25, 0.3) is 0 Å². The zero-order valence-electron chi connectivity index (χ0n) is 9.47. The van der Waals surface area contributed by atoms with E-state index < -0.39 is 10.0 Å². The maximum atomic E-state index is 12.2. The van der Waals surface area contributed by atoms with Crippen LogP contribution in [-0.4, -0.2) is 13.4 Å². The lowest BCUT2D eigenvalue weighted by atomic mass is 10.3. The number of hydrogen-bond acceptors (Lipinski definition) is 4. The molecule has 0 fully saturated rings. The molecule has 0 radical (unpaired) electrons. The highest BCUT2D eigenvalue weighted by Gasteiger charge is 2.17. The van der Waals surface area contributed by atoms with Gasteiger partial charge in [-0.3, -0.25) is 4.72 Å². The highest BCUT2D eigenvalue weighted by atomic mass is 79.9. The van der Waals surface area contributed by atoms with Gasteiger partial charge in [0.15, 0.2) is 0 Å². The van der Waals surface area contributed by atoms with Crippen LogP contribution >= 0.6 is 27.5 Å². The van der Waals surface area contributed by atoms with Gasteiger partial charge in [0.05, 0.1) is 11.9 Å². The third-order valence-electron chi connectivity index (χ3n) is 2.23. The molecule has 2 aromatic rings. The van der Waals surface area contributed by atoms with Crippen LogP contribution in [0, 0.1) is 0 Å². The molecular formula is C11H9BrClN3O2S. The van der Waals surface area contributed by atoms with E-state index in [2.05, 4.69) is 25.6 Å². The molecule has 0 spiro atoms. The number of rotatable bonds is 3.